The largest absolute Gasteiger partial charge is 0.377 e. The van der Waals surface area contributed by atoms with E-state index in [0.29, 0.717) is 25.9 Å². The molecule has 3 aromatic rings. The van der Waals surface area contributed by atoms with E-state index in [1.165, 1.54) is 12.8 Å². The van der Waals surface area contributed by atoms with Gasteiger partial charge < -0.3 is 24.6 Å². The van der Waals surface area contributed by atoms with Crippen LogP contribution in [0.1, 0.15) is 52.0 Å². The molecule has 1 aliphatic carbocycles. The van der Waals surface area contributed by atoms with Crippen LogP contribution in [-0.2, 0) is 9.47 Å². The second-order valence-electron chi connectivity index (χ2n) is 12.2. The quantitative estimate of drug-likeness (QED) is 0.526. The Morgan fingerprint density at radius 3 is 2.65 bits per heavy atom. The van der Waals surface area contributed by atoms with Gasteiger partial charge in [0.15, 0.2) is 5.65 Å². The van der Waals surface area contributed by atoms with Gasteiger partial charge in [0.1, 0.15) is 11.7 Å². The zero-order chi connectivity index (χ0) is 27.3. The van der Waals surface area contributed by atoms with Gasteiger partial charge in [-0.25, -0.2) is 4.98 Å². The van der Waals surface area contributed by atoms with Crippen LogP contribution in [0.3, 0.4) is 0 Å². The maximum Gasteiger partial charge on any atom is 0.229 e. The smallest absolute Gasteiger partial charge is 0.229 e. The van der Waals surface area contributed by atoms with Crippen LogP contribution >= 0.6 is 0 Å². The van der Waals surface area contributed by atoms with Crippen molar-refractivity contribution in [2.24, 2.45) is 4.99 Å². The lowest BCUT2D eigenvalue weighted by molar-refractivity contribution is -0.00929. The minimum Gasteiger partial charge on any atom is -0.377 e. The summed E-state index contributed by atoms with van der Waals surface area (Å²) in [6.07, 6.45) is 4.93. The van der Waals surface area contributed by atoms with E-state index in [0.717, 1.165) is 77.9 Å². The Morgan fingerprint density at radius 2 is 1.80 bits per heavy atom. The Bertz CT molecular complexity index is 1440. The molecule has 0 unspecified atom stereocenters. The Hall–Kier alpha value is -3.30. The summed E-state index contributed by atoms with van der Waals surface area (Å²) < 4.78 is 11.9. The summed E-state index contributed by atoms with van der Waals surface area (Å²) in [5, 5.41) is 4.53. The molecule has 9 heteroatoms. The lowest BCUT2D eigenvalue weighted by Crippen LogP contribution is -2.53. The van der Waals surface area contributed by atoms with Crippen molar-refractivity contribution >= 4 is 28.6 Å². The summed E-state index contributed by atoms with van der Waals surface area (Å²) in [6, 6.07) is 13.3. The zero-order valence-electron chi connectivity index (χ0n) is 23.8. The first kappa shape index (κ1) is 25.7. The van der Waals surface area contributed by atoms with Gasteiger partial charge >= 0.3 is 0 Å². The van der Waals surface area contributed by atoms with Gasteiger partial charge in [0.2, 0.25) is 5.95 Å². The topological polar surface area (TPSA) is 88.0 Å². The highest BCUT2D eigenvalue weighted by Gasteiger charge is 2.36. The number of pyridine rings is 1. The Balaban J connectivity index is 1.31. The third-order valence-electron chi connectivity index (χ3n) is 8.68. The fourth-order valence-corrected chi connectivity index (χ4v) is 6.54. The number of anilines is 2. The number of benzene rings is 1. The molecular formula is C31H39N7O2. The van der Waals surface area contributed by atoms with Crippen LogP contribution in [0.4, 0.5) is 11.8 Å². The number of nitrogens with one attached hydrogen (secondary N) is 1. The van der Waals surface area contributed by atoms with Gasteiger partial charge in [0, 0.05) is 24.2 Å². The summed E-state index contributed by atoms with van der Waals surface area (Å²) in [5.41, 5.74) is 3.74. The number of fused-ring (bicyclic) bond motifs is 2. The van der Waals surface area contributed by atoms with E-state index in [4.69, 9.17) is 29.4 Å². The third-order valence-corrected chi connectivity index (χ3v) is 8.68. The summed E-state index contributed by atoms with van der Waals surface area (Å²) in [4.78, 5) is 25.0. The lowest BCUT2D eigenvalue weighted by Gasteiger charge is -2.44. The van der Waals surface area contributed by atoms with Crippen molar-refractivity contribution in [1.29, 1.82) is 0 Å². The first-order valence-corrected chi connectivity index (χ1v) is 14.8. The molecular weight excluding hydrogens is 502 g/mol. The predicted octanol–water partition coefficient (Wildman–Crippen LogP) is 4.19. The highest BCUT2D eigenvalue weighted by Crippen LogP contribution is 2.35. The molecule has 3 fully saturated rings. The van der Waals surface area contributed by atoms with Crippen molar-refractivity contribution in [2.75, 3.05) is 49.3 Å². The number of nitrogens with zero attached hydrogens (tertiary/aromatic N) is 6. The van der Waals surface area contributed by atoms with Gasteiger partial charge in [-0.15, -0.1) is 0 Å². The number of aromatic nitrogens is 3. The van der Waals surface area contributed by atoms with Crippen molar-refractivity contribution in [3.8, 4) is 11.3 Å². The highest BCUT2D eigenvalue weighted by atomic mass is 16.5. The normalized spacial score (nSPS) is 26.4. The van der Waals surface area contributed by atoms with Crippen LogP contribution in [0.2, 0.25) is 0 Å². The molecule has 0 bridgehead atoms. The first-order chi connectivity index (χ1) is 19.4. The number of hydrogen-bond donors (Lipinski definition) is 1. The second kappa shape index (κ2) is 10.3. The summed E-state index contributed by atoms with van der Waals surface area (Å²) in [6.45, 7) is 11.0. The molecule has 210 valence electrons. The lowest BCUT2D eigenvalue weighted by atomic mass is 9.90. The molecule has 3 aliphatic heterocycles. The fourth-order valence-electron chi connectivity index (χ4n) is 6.54. The standard InChI is InChI=1S/C31H39N7O2/c1-20-18-39-15-13-37(20)29-23-11-12-24(21-7-6-8-22(17-21)27-32-19-31(2,3)36-27)33-28(23)34-30(35-29)38-14-16-40-26-10-5-4-9-25(26)38/h6-8,11-12,17,20,25-26H,4-5,9-10,13-16,18-19H2,1-3H3,(H,32,36)/t20-,25-,26+/m0/s1. The van der Waals surface area contributed by atoms with Crippen LogP contribution in [-0.4, -0.2) is 84.0 Å². The minimum absolute atomic E-state index is 0.0241. The van der Waals surface area contributed by atoms with Crippen LogP contribution < -0.4 is 15.1 Å². The number of ether oxygens (including phenoxy) is 2. The van der Waals surface area contributed by atoms with Gasteiger partial charge in [-0.2, -0.15) is 9.97 Å². The maximum atomic E-state index is 6.17. The number of amidine groups is 1. The molecule has 0 amide bonds. The van der Waals surface area contributed by atoms with E-state index in [1.54, 1.807) is 0 Å². The number of hydrogen-bond acceptors (Lipinski definition) is 9. The van der Waals surface area contributed by atoms with Crippen LogP contribution in [0.25, 0.3) is 22.3 Å². The molecule has 40 heavy (non-hydrogen) atoms. The van der Waals surface area contributed by atoms with Gasteiger partial charge in [-0.1, -0.05) is 31.0 Å². The molecule has 1 saturated carbocycles. The molecule has 0 radical (unpaired) electrons. The van der Waals surface area contributed by atoms with Crippen LogP contribution in [0.5, 0.6) is 0 Å². The maximum absolute atomic E-state index is 6.17. The number of rotatable bonds is 4. The number of aliphatic imine (C=N–C) groups is 1. The third kappa shape index (κ3) is 4.79. The van der Waals surface area contributed by atoms with Crippen molar-refractivity contribution in [3.63, 3.8) is 0 Å². The molecule has 3 atom stereocenters. The molecule has 1 N–H and O–H groups in total. The Labute approximate surface area is 236 Å². The van der Waals surface area contributed by atoms with Crippen LogP contribution in [0.15, 0.2) is 41.4 Å². The summed E-state index contributed by atoms with van der Waals surface area (Å²) in [5.74, 6) is 2.66. The van der Waals surface area contributed by atoms with Crippen molar-refractivity contribution in [3.05, 3.63) is 42.0 Å². The van der Waals surface area contributed by atoms with Gasteiger partial charge in [-0.05, 0) is 51.8 Å². The minimum atomic E-state index is -0.0241. The molecule has 9 nitrogen and oxygen atoms in total. The molecule has 5 heterocycles. The van der Waals surface area contributed by atoms with E-state index in [9.17, 15) is 0 Å². The molecule has 4 aliphatic rings. The van der Waals surface area contributed by atoms with E-state index >= 15 is 0 Å². The fraction of sp³-hybridized carbons (Fsp3) is 0.548. The number of morpholine rings is 2. The average Bonchev–Trinajstić information content (AvgIpc) is 3.36. The predicted molar refractivity (Wildman–Crippen MR) is 158 cm³/mol. The van der Waals surface area contributed by atoms with E-state index < -0.39 is 0 Å². The van der Waals surface area contributed by atoms with Gasteiger partial charge in [0.25, 0.3) is 0 Å². The van der Waals surface area contributed by atoms with Crippen LogP contribution in [0, 0.1) is 0 Å². The van der Waals surface area contributed by atoms with E-state index in [2.05, 4.69) is 72.3 Å². The van der Waals surface area contributed by atoms with Crippen molar-refractivity contribution in [2.45, 2.75) is 70.2 Å². The average molecular weight is 542 g/mol. The Morgan fingerprint density at radius 1 is 0.950 bits per heavy atom. The van der Waals surface area contributed by atoms with Gasteiger partial charge in [0.05, 0.1) is 61.2 Å². The SMILES string of the molecule is C[C@H]1COCCN1c1nc(N2CCO[C@@H]3CCCC[C@@H]32)nc2nc(-c3cccc(C4=NCC(C)(C)N4)c3)ccc12. The molecule has 2 aromatic heterocycles. The van der Waals surface area contributed by atoms with Crippen molar-refractivity contribution < 1.29 is 9.47 Å². The van der Waals surface area contributed by atoms with Gasteiger partial charge in [-0.3, -0.25) is 4.99 Å². The monoisotopic (exact) mass is 541 g/mol. The molecule has 7 rings (SSSR count). The summed E-state index contributed by atoms with van der Waals surface area (Å²) >= 11 is 0. The Kier molecular flexibility index (Phi) is 6.59. The zero-order valence-corrected chi connectivity index (χ0v) is 23.8. The molecule has 2 saturated heterocycles. The first-order valence-electron chi connectivity index (χ1n) is 14.8. The summed E-state index contributed by atoms with van der Waals surface area (Å²) in [7, 11) is 0. The second-order valence-corrected chi connectivity index (χ2v) is 12.2. The molecule has 1 aromatic carbocycles. The van der Waals surface area contributed by atoms with E-state index in [-0.39, 0.29) is 17.7 Å². The van der Waals surface area contributed by atoms with E-state index in [1.807, 2.05) is 0 Å². The van der Waals surface area contributed by atoms with Crippen molar-refractivity contribution in [1.82, 2.24) is 20.3 Å². The highest BCUT2D eigenvalue weighted by molar-refractivity contribution is 6.01. The molecule has 0 spiro atoms.